The standard InChI is InChI=1S/C34H27ClFNO6/c1-3-7-22-8-5-9-23(18-22)21-42-29-15-14-28(27(20-37)32(29)35)43-34(39)25-10-12-26-24(19-25)11-13-30(33(26)36)40-16-6-17-41-31(38)4-2/h1,4-5,8-15,18-20,37H,2,6-7,16-17,21H2. The second-order valence-corrected chi connectivity index (χ2v) is 9.58. The number of fused-ring (bicyclic) bond motifs is 1. The van der Waals surface area contributed by atoms with Gasteiger partial charge in [-0.15, -0.1) is 12.3 Å². The number of esters is 2. The number of terminal acetylenes is 1. The summed E-state index contributed by atoms with van der Waals surface area (Å²) >= 11 is 6.50. The van der Waals surface area contributed by atoms with Gasteiger partial charge in [0.25, 0.3) is 0 Å². The van der Waals surface area contributed by atoms with Crippen LogP contribution in [0.15, 0.2) is 79.4 Å². The molecule has 0 unspecified atom stereocenters. The number of hydrogen-bond acceptors (Lipinski definition) is 7. The lowest BCUT2D eigenvalue weighted by Crippen LogP contribution is -2.10. The molecule has 0 heterocycles. The average molecular weight is 600 g/mol. The average Bonchev–Trinajstić information content (AvgIpc) is 3.01. The fraction of sp³-hybridized carbons (Fsp3) is 0.147. The van der Waals surface area contributed by atoms with Gasteiger partial charge < -0.3 is 24.4 Å². The van der Waals surface area contributed by atoms with Gasteiger partial charge in [-0.2, -0.15) is 0 Å². The number of rotatable bonds is 13. The largest absolute Gasteiger partial charge is 0.490 e. The summed E-state index contributed by atoms with van der Waals surface area (Å²) in [7, 11) is 0. The van der Waals surface area contributed by atoms with Crippen LogP contribution in [0.25, 0.3) is 10.8 Å². The van der Waals surface area contributed by atoms with Gasteiger partial charge in [0.15, 0.2) is 11.6 Å². The fourth-order valence-corrected chi connectivity index (χ4v) is 4.41. The Kier molecular flexibility index (Phi) is 10.5. The van der Waals surface area contributed by atoms with E-state index in [1.54, 1.807) is 12.1 Å². The van der Waals surface area contributed by atoms with Gasteiger partial charge in [0, 0.05) is 30.5 Å². The predicted octanol–water partition coefficient (Wildman–Crippen LogP) is 7.10. The number of hydrogen-bond donors (Lipinski definition) is 1. The van der Waals surface area contributed by atoms with E-state index in [2.05, 4.69) is 12.5 Å². The number of halogens is 2. The summed E-state index contributed by atoms with van der Waals surface area (Å²) in [6, 6.07) is 18.2. The van der Waals surface area contributed by atoms with Gasteiger partial charge in [-0.25, -0.2) is 14.0 Å². The number of nitrogens with one attached hydrogen (secondary N) is 1. The van der Waals surface area contributed by atoms with Crippen molar-refractivity contribution in [2.75, 3.05) is 13.2 Å². The van der Waals surface area contributed by atoms with Crippen LogP contribution >= 0.6 is 11.6 Å². The van der Waals surface area contributed by atoms with Gasteiger partial charge in [-0.05, 0) is 46.8 Å². The maximum absolute atomic E-state index is 15.0. The van der Waals surface area contributed by atoms with E-state index in [4.69, 9.17) is 42.4 Å². The predicted molar refractivity (Wildman–Crippen MR) is 163 cm³/mol. The lowest BCUT2D eigenvalue weighted by Gasteiger charge is -2.14. The first-order valence-electron chi connectivity index (χ1n) is 13.2. The van der Waals surface area contributed by atoms with E-state index in [1.165, 1.54) is 30.3 Å². The molecule has 0 spiro atoms. The second kappa shape index (κ2) is 14.7. The van der Waals surface area contributed by atoms with Crippen molar-refractivity contribution in [1.29, 1.82) is 5.41 Å². The van der Waals surface area contributed by atoms with Crippen molar-refractivity contribution in [1.82, 2.24) is 0 Å². The van der Waals surface area contributed by atoms with E-state index in [9.17, 15) is 9.59 Å². The van der Waals surface area contributed by atoms with Crippen LogP contribution in [-0.4, -0.2) is 31.4 Å². The van der Waals surface area contributed by atoms with E-state index in [0.717, 1.165) is 23.4 Å². The zero-order valence-electron chi connectivity index (χ0n) is 23.0. The lowest BCUT2D eigenvalue weighted by molar-refractivity contribution is -0.137. The summed E-state index contributed by atoms with van der Waals surface area (Å²) in [4.78, 5) is 24.1. The van der Waals surface area contributed by atoms with Gasteiger partial charge in [0.2, 0.25) is 0 Å². The van der Waals surface area contributed by atoms with Crippen LogP contribution in [0.2, 0.25) is 5.02 Å². The Morgan fingerprint density at radius 2 is 1.74 bits per heavy atom. The van der Waals surface area contributed by atoms with Crippen molar-refractivity contribution >= 4 is 40.5 Å². The first-order valence-corrected chi connectivity index (χ1v) is 13.6. The van der Waals surface area contributed by atoms with Crippen molar-refractivity contribution in [2.24, 2.45) is 0 Å². The summed E-state index contributed by atoms with van der Waals surface area (Å²) in [5.74, 6) is 1.19. The highest BCUT2D eigenvalue weighted by atomic mass is 35.5. The zero-order valence-corrected chi connectivity index (χ0v) is 23.8. The fourth-order valence-electron chi connectivity index (χ4n) is 4.14. The summed E-state index contributed by atoms with van der Waals surface area (Å²) in [6.45, 7) is 3.79. The van der Waals surface area contributed by atoms with Crippen LogP contribution in [0.1, 0.15) is 33.5 Å². The van der Waals surface area contributed by atoms with Crippen molar-refractivity contribution in [3.05, 3.63) is 112 Å². The number of ether oxygens (including phenoxy) is 4. The van der Waals surface area contributed by atoms with Gasteiger partial charge in [-0.1, -0.05) is 54.6 Å². The van der Waals surface area contributed by atoms with E-state index in [-0.39, 0.29) is 52.9 Å². The Hall–Kier alpha value is -5.13. The molecule has 0 amide bonds. The maximum atomic E-state index is 15.0. The topological polar surface area (TPSA) is 94.9 Å². The Bertz CT molecular complexity index is 1730. The molecule has 0 saturated heterocycles. The molecule has 4 rings (SSSR count). The van der Waals surface area contributed by atoms with E-state index in [0.29, 0.717) is 24.0 Å². The van der Waals surface area contributed by atoms with E-state index < -0.39 is 17.8 Å². The summed E-state index contributed by atoms with van der Waals surface area (Å²) in [5.41, 5.74) is 2.22. The van der Waals surface area contributed by atoms with Crippen LogP contribution in [0.4, 0.5) is 4.39 Å². The molecule has 7 nitrogen and oxygen atoms in total. The minimum Gasteiger partial charge on any atom is -0.490 e. The minimum atomic E-state index is -0.713. The van der Waals surface area contributed by atoms with Crippen molar-refractivity contribution in [3.63, 3.8) is 0 Å². The number of carbonyl (C=O) groups excluding carboxylic acids is 2. The van der Waals surface area contributed by atoms with Crippen LogP contribution < -0.4 is 14.2 Å². The third-order valence-electron chi connectivity index (χ3n) is 6.25. The normalized spacial score (nSPS) is 10.4. The molecular formula is C34H27ClFNO6. The molecule has 0 fully saturated rings. The lowest BCUT2D eigenvalue weighted by atomic mass is 10.1. The monoisotopic (exact) mass is 599 g/mol. The van der Waals surface area contributed by atoms with Crippen molar-refractivity contribution in [3.8, 4) is 29.6 Å². The van der Waals surface area contributed by atoms with Crippen LogP contribution in [0.3, 0.4) is 0 Å². The molecule has 0 saturated carbocycles. The molecule has 0 bridgehead atoms. The van der Waals surface area contributed by atoms with Crippen molar-refractivity contribution < 1.29 is 32.9 Å². The first kappa shape index (κ1) is 30.8. The van der Waals surface area contributed by atoms with Crippen LogP contribution in [0.5, 0.6) is 17.2 Å². The third kappa shape index (κ3) is 7.79. The molecule has 9 heteroatoms. The molecule has 0 aromatic heterocycles. The van der Waals surface area contributed by atoms with E-state index in [1.807, 2.05) is 24.3 Å². The quantitative estimate of drug-likeness (QED) is 0.0440. The molecule has 0 aliphatic rings. The van der Waals surface area contributed by atoms with E-state index >= 15 is 4.39 Å². The molecule has 0 radical (unpaired) electrons. The van der Waals surface area contributed by atoms with Crippen LogP contribution in [0, 0.1) is 23.6 Å². The van der Waals surface area contributed by atoms with Gasteiger partial charge in [0.05, 0.1) is 29.4 Å². The maximum Gasteiger partial charge on any atom is 0.343 e. The minimum absolute atomic E-state index is 0.0331. The van der Waals surface area contributed by atoms with Crippen LogP contribution in [-0.2, 0) is 22.6 Å². The Balaban J connectivity index is 1.43. The van der Waals surface area contributed by atoms with Gasteiger partial charge in [0.1, 0.15) is 18.1 Å². The number of benzene rings is 4. The molecule has 0 aliphatic carbocycles. The summed E-state index contributed by atoms with van der Waals surface area (Å²) in [6.07, 6.45) is 8.31. The molecule has 43 heavy (non-hydrogen) atoms. The summed E-state index contributed by atoms with van der Waals surface area (Å²) < 4.78 is 36.8. The second-order valence-electron chi connectivity index (χ2n) is 9.20. The Morgan fingerprint density at radius 1 is 0.977 bits per heavy atom. The highest BCUT2D eigenvalue weighted by molar-refractivity contribution is 6.34. The highest BCUT2D eigenvalue weighted by Crippen LogP contribution is 2.35. The molecule has 4 aromatic carbocycles. The molecule has 0 atom stereocenters. The smallest absolute Gasteiger partial charge is 0.343 e. The molecule has 1 N–H and O–H groups in total. The molecule has 0 aliphatic heterocycles. The summed E-state index contributed by atoms with van der Waals surface area (Å²) in [5, 5.41) is 8.66. The zero-order chi connectivity index (χ0) is 30.8. The molecular weight excluding hydrogens is 573 g/mol. The van der Waals surface area contributed by atoms with Gasteiger partial charge in [-0.3, -0.25) is 0 Å². The third-order valence-corrected chi connectivity index (χ3v) is 6.64. The molecule has 218 valence electrons. The highest BCUT2D eigenvalue weighted by Gasteiger charge is 2.18. The Labute approximate surface area is 253 Å². The molecule has 4 aromatic rings. The SMILES string of the molecule is C#CCc1cccc(COc2ccc(OC(=O)c3ccc4c(F)c(OCCCOC(=O)C=C)ccc4c3)c(C=N)c2Cl)c1. The Morgan fingerprint density at radius 3 is 2.51 bits per heavy atom. The first-order chi connectivity index (χ1) is 20.8. The van der Waals surface area contributed by atoms with Gasteiger partial charge >= 0.3 is 11.9 Å². The van der Waals surface area contributed by atoms with Crippen molar-refractivity contribution in [2.45, 2.75) is 19.4 Å². The number of carbonyl (C=O) groups is 2.